The zero-order valence-electron chi connectivity index (χ0n) is 16.9. The quantitative estimate of drug-likeness (QED) is 0.685. The number of hydrogen-bond donors (Lipinski definition) is 0. The Labute approximate surface area is 176 Å². The standard InChI is InChI=1S/C22H25ClN2O4/c1-15-8-4-6-12-24(15)18-11-10-16(23)14-19(18)25-13-7-5-9-17(21(26)28-2)20(25)22(27)29-3/h5,7,9-11,13-15H,4,6,8,12H2,1-3H3. The summed E-state index contributed by atoms with van der Waals surface area (Å²) >= 11 is 6.33. The highest BCUT2D eigenvalue weighted by atomic mass is 35.5. The zero-order chi connectivity index (χ0) is 21.0. The molecule has 1 aromatic carbocycles. The molecule has 2 aliphatic rings. The second kappa shape index (κ2) is 9.18. The van der Waals surface area contributed by atoms with Crippen molar-refractivity contribution in [1.29, 1.82) is 0 Å². The van der Waals surface area contributed by atoms with Gasteiger partial charge in [0, 0.05) is 23.8 Å². The maximum absolute atomic E-state index is 12.7. The number of carbonyl (C=O) groups excluding carboxylic acids is 2. The molecule has 7 heteroatoms. The topological polar surface area (TPSA) is 59.1 Å². The van der Waals surface area contributed by atoms with E-state index in [-0.39, 0.29) is 11.3 Å². The van der Waals surface area contributed by atoms with Crippen molar-refractivity contribution in [2.24, 2.45) is 0 Å². The van der Waals surface area contributed by atoms with Crippen LogP contribution in [0.4, 0.5) is 11.4 Å². The SMILES string of the molecule is COC(=O)C1=C(C(=O)OC)N(c2cc(Cl)ccc2N2CCCCC2C)C=CC=C1. The van der Waals surface area contributed by atoms with Gasteiger partial charge >= 0.3 is 11.9 Å². The number of carbonyl (C=O) groups is 2. The van der Waals surface area contributed by atoms with Crippen LogP contribution < -0.4 is 9.80 Å². The molecule has 0 amide bonds. The minimum Gasteiger partial charge on any atom is -0.465 e. The van der Waals surface area contributed by atoms with Crippen LogP contribution in [0, 0.1) is 0 Å². The predicted octanol–water partition coefficient (Wildman–Crippen LogP) is 4.21. The lowest BCUT2D eigenvalue weighted by Crippen LogP contribution is -2.38. The van der Waals surface area contributed by atoms with Gasteiger partial charge in [-0.1, -0.05) is 17.7 Å². The van der Waals surface area contributed by atoms with Gasteiger partial charge in [-0.05, 0) is 56.5 Å². The Bertz CT molecular complexity index is 891. The fourth-order valence-electron chi connectivity index (χ4n) is 3.74. The molecule has 2 heterocycles. The molecule has 1 saturated heterocycles. The predicted molar refractivity (Wildman–Crippen MR) is 114 cm³/mol. The Morgan fingerprint density at radius 3 is 2.52 bits per heavy atom. The second-order valence-electron chi connectivity index (χ2n) is 6.99. The number of anilines is 2. The highest BCUT2D eigenvalue weighted by Crippen LogP contribution is 2.39. The van der Waals surface area contributed by atoms with Crippen molar-refractivity contribution in [3.05, 3.63) is 58.9 Å². The monoisotopic (exact) mass is 416 g/mol. The van der Waals surface area contributed by atoms with Crippen LogP contribution in [0.5, 0.6) is 0 Å². The molecule has 154 valence electrons. The number of nitrogens with zero attached hydrogens (tertiary/aromatic N) is 2. The molecule has 0 bridgehead atoms. The lowest BCUT2D eigenvalue weighted by atomic mass is 10.0. The van der Waals surface area contributed by atoms with Crippen molar-refractivity contribution >= 4 is 34.9 Å². The lowest BCUT2D eigenvalue weighted by Gasteiger charge is -2.38. The Morgan fingerprint density at radius 2 is 1.83 bits per heavy atom. The average Bonchev–Trinajstić information content (AvgIpc) is 2.96. The van der Waals surface area contributed by atoms with Crippen molar-refractivity contribution in [2.45, 2.75) is 32.2 Å². The summed E-state index contributed by atoms with van der Waals surface area (Å²) in [5.74, 6) is -1.26. The van der Waals surface area contributed by atoms with Crippen molar-refractivity contribution in [1.82, 2.24) is 0 Å². The molecule has 3 rings (SSSR count). The summed E-state index contributed by atoms with van der Waals surface area (Å²) < 4.78 is 9.89. The van der Waals surface area contributed by atoms with Gasteiger partial charge in [-0.2, -0.15) is 0 Å². The van der Waals surface area contributed by atoms with Gasteiger partial charge in [0.2, 0.25) is 0 Å². The van der Waals surface area contributed by atoms with Gasteiger partial charge in [0.1, 0.15) is 5.70 Å². The summed E-state index contributed by atoms with van der Waals surface area (Å²) in [6.45, 7) is 3.10. The van der Waals surface area contributed by atoms with Crippen molar-refractivity contribution in [3.63, 3.8) is 0 Å². The van der Waals surface area contributed by atoms with E-state index in [1.807, 2.05) is 12.1 Å². The van der Waals surface area contributed by atoms with Crippen LogP contribution in [0.3, 0.4) is 0 Å². The van der Waals surface area contributed by atoms with E-state index in [1.165, 1.54) is 20.6 Å². The van der Waals surface area contributed by atoms with E-state index in [4.69, 9.17) is 21.1 Å². The number of rotatable bonds is 4. The number of hydrogen-bond acceptors (Lipinski definition) is 6. The van der Waals surface area contributed by atoms with Crippen LogP contribution in [0.25, 0.3) is 0 Å². The lowest BCUT2D eigenvalue weighted by molar-refractivity contribution is -0.139. The van der Waals surface area contributed by atoms with E-state index in [0.29, 0.717) is 16.8 Å². The highest BCUT2D eigenvalue weighted by molar-refractivity contribution is 6.31. The number of ether oxygens (including phenoxy) is 2. The summed E-state index contributed by atoms with van der Waals surface area (Å²) in [6.07, 6.45) is 10.1. The summed E-state index contributed by atoms with van der Waals surface area (Å²) in [4.78, 5) is 29.1. The third-order valence-corrected chi connectivity index (χ3v) is 5.43. The fraction of sp³-hybridized carbons (Fsp3) is 0.364. The summed E-state index contributed by atoms with van der Waals surface area (Å²) in [6, 6.07) is 5.94. The number of methoxy groups -OCH3 is 2. The van der Waals surface area contributed by atoms with Crippen LogP contribution >= 0.6 is 11.6 Å². The Kier molecular flexibility index (Phi) is 6.64. The molecule has 0 spiro atoms. The van der Waals surface area contributed by atoms with Crippen LogP contribution in [-0.4, -0.2) is 38.7 Å². The molecular formula is C22H25ClN2O4. The van der Waals surface area contributed by atoms with E-state index < -0.39 is 11.9 Å². The minimum atomic E-state index is -0.640. The Morgan fingerprint density at radius 1 is 1.07 bits per heavy atom. The molecule has 1 aromatic rings. The number of piperidine rings is 1. The van der Waals surface area contributed by atoms with E-state index in [9.17, 15) is 9.59 Å². The third-order valence-electron chi connectivity index (χ3n) is 5.20. The van der Waals surface area contributed by atoms with Gasteiger partial charge in [0.05, 0.1) is 31.2 Å². The smallest absolute Gasteiger partial charge is 0.355 e. The second-order valence-corrected chi connectivity index (χ2v) is 7.42. The van der Waals surface area contributed by atoms with Crippen LogP contribution in [0.2, 0.25) is 5.02 Å². The number of allylic oxidation sites excluding steroid dienone is 2. The number of halogens is 1. The maximum Gasteiger partial charge on any atom is 0.355 e. The minimum absolute atomic E-state index is 0.0810. The molecule has 0 aromatic heterocycles. The summed E-state index contributed by atoms with van der Waals surface area (Å²) in [5.41, 5.74) is 1.84. The summed E-state index contributed by atoms with van der Waals surface area (Å²) in [5, 5.41) is 0.530. The first-order valence-electron chi connectivity index (χ1n) is 9.59. The van der Waals surface area contributed by atoms with Crippen LogP contribution in [-0.2, 0) is 19.1 Å². The molecule has 0 N–H and O–H groups in total. The maximum atomic E-state index is 12.7. The molecule has 6 nitrogen and oxygen atoms in total. The van der Waals surface area contributed by atoms with E-state index >= 15 is 0 Å². The van der Waals surface area contributed by atoms with Gasteiger partial charge in [0.15, 0.2) is 0 Å². The molecule has 1 atom stereocenters. The normalized spacial score (nSPS) is 19.2. The van der Waals surface area contributed by atoms with Crippen molar-refractivity contribution in [2.75, 3.05) is 30.6 Å². The van der Waals surface area contributed by atoms with Gasteiger partial charge < -0.3 is 19.3 Å². The largest absolute Gasteiger partial charge is 0.465 e. The third kappa shape index (κ3) is 4.32. The van der Waals surface area contributed by atoms with E-state index in [1.54, 1.807) is 35.4 Å². The highest BCUT2D eigenvalue weighted by Gasteiger charge is 2.30. The fourth-order valence-corrected chi connectivity index (χ4v) is 3.91. The van der Waals surface area contributed by atoms with Gasteiger partial charge in [-0.15, -0.1) is 0 Å². The van der Waals surface area contributed by atoms with Crippen molar-refractivity contribution in [3.8, 4) is 0 Å². The molecule has 1 unspecified atom stereocenters. The first-order chi connectivity index (χ1) is 14.0. The Hall–Kier alpha value is -2.73. The van der Waals surface area contributed by atoms with Crippen LogP contribution in [0.1, 0.15) is 26.2 Å². The zero-order valence-corrected chi connectivity index (χ0v) is 17.6. The molecule has 0 aliphatic carbocycles. The molecule has 2 aliphatic heterocycles. The molecule has 0 saturated carbocycles. The summed E-state index contributed by atoms with van der Waals surface area (Å²) in [7, 11) is 2.56. The molecule has 1 fully saturated rings. The van der Waals surface area contributed by atoms with E-state index in [0.717, 1.165) is 25.1 Å². The number of esters is 2. The number of benzene rings is 1. The molecule has 0 radical (unpaired) electrons. The first-order valence-corrected chi connectivity index (χ1v) is 9.97. The first kappa shape index (κ1) is 21.0. The average molecular weight is 417 g/mol. The van der Waals surface area contributed by atoms with Gasteiger partial charge in [-0.3, -0.25) is 0 Å². The van der Waals surface area contributed by atoms with E-state index in [2.05, 4.69) is 11.8 Å². The van der Waals surface area contributed by atoms with Crippen molar-refractivity contribution < 1.29 is 19.1 Å². The van der Waals surface area contributed by atoms with Crippen LogP contribution in [0.15, 0.2) is 53.9 Å². The molecular weight excluding hydrogens is 392 g/mol. The van der Waals surface area contributed by atoms with Gasteiger partial charge in [-0.25, -0.2) is 9.59 Å². The van der Waals surface area contributed by atoms with Gasteiger partial charge in [0.25, 0.3) is 0 Å². The Balaban J connectivity index is 2.20. The molecule has 29 heavy (non-hydrogen) atoms.